The quantitative estimate of drug-likeness (QED) is 0.0994. The van der Waals surface area contributed by atoms with Gasteiger partial charge in [0.25, 0.3) is 0 Å². The number of nitrogens with one attached hydrogen (secondary N) is 2. The lowest BCUT2D eigenvalue weighted by atomic mass is 9.89. The number of anilines is 1. The molecule has 272 valence electrons. The average molecular weight is 723 g/mol. The maximum Gasteiger partial charge on any atom is 0.417 e. The largest absolute Gasteiger partial charge is 0.417 e. The summed E-state index contributed by atoms with van der Waals surface area (Å²) in [5.74, 6) is -1.38. The van der Waals surface area contributed by atoms with Crippen LogP contribution in [0.5, 0.6) is 0 Å². The van der Waals surface area contributed by atoms with Gasteiger partial charge in [-0.3, -0.25) is 4.98 Å². The van der Waals surface area contributed by atoms with Crippen LogP contribution in [0.15, 0.2) is 86.2 Å². The molecule has 51 heavy (non-hydrogen) atoms. The van der Waals surface area contributed by atoms with E-state index in [1.54, 1.807) is 17.4 Å². The van der Waals surface area contributed by atoms with Crippen LogP contribution in [0.1, 0.15) is 93.0 Å². The lowest BCUT2D eigenvalue weighted by molar-refractivity contribution is -0.137. The monoisotopic (exact) mass is 722 g/mol. The minimum Gasteiger partial charge on any atom is -0.381 e. The maximum absolute atomic E-state index is 13.7. The number of rotatable bonds is 12. The van der Waals surface area contributed by atoms with Gasteiger partial charge in [-0.2, -0.15) is 13.2 Å². The Labute approximate surface area is 302 Å². The van der Waals surface area contributed by atoms with Crippen molar-refractivity contribution in [3.8, 4) is 10.4 Å². The number of thiophene rings is 1. The number of benzene rings is 2. The zero-order valence-corrected chi connectivity index (χ0v) is 31.0. The Morgan fingerprint density at radius 1 is 0.941 bits per heavy atom. The minimum absolute atomic E-state index is 0.0277. The van der Waals surface area contributed by atoms with Crippen molar-refractivity contribution >= 4 is 33.8 Å². The van der Waals surface area contributed by atoms with Gasteiger partial charge in [0.2, 0.25) is 0 Å². The van der Waals surface area contributed by atoms with Crippen molar-refractivity contribution in [3.63, 3.8) is 0 Å². The fraction of sp³-hybridized carbons (Fsp3) is 0.317. The summed E-state index contributed by atoms with van der Waals surface area (Å²) in [7, 11) is 0. The molecule has 5 rings (SSSR count). The highest BCUT2D eigenvalue weighted by Gasteiger charge is 2.32. The van der Waals surface area contributed by atoms with Crippen molar-refractivity contribution in [2.24, 2.45) is 0 Å². The Hall–Kier alpha value is -4.57. The molecule has 2 aromatic carbocycles. The minimum atomic E-state index is -4.61. The van der Waals surface area contributed by atoms with Gasteiger partial charge in [0.1, 0.15) is 5.82 Å². The molecule has 1 atom stereocenters. The molecule has 2 N–H and O–H groups in total. The molecule has 0 fully saturated rings. The second kappa shape index (κ2) is 19.2. The molecular formula is C41H47F5N4S. The maximum atomic E-state index is 13.7. The molecule has 3 aromatic heterocycles. The molecule has 1 unspecified atom stereocenters. The van der Waals surface area contributed by atoms with Crippen LogP contribution in [-0.2, 0) is 25.7 Å². The van der Waals surface area contributed by atoms with Crippen molar-refractivity contribution in [2.75, 3.05) is 5.32 Å². The van der Waals surface area contributed by atoms with Crippen molar-refractivity contribution in [1.82, 2.24) is 15.3 Å². The standard InChI is InChI=1S/C36H35F5N4S.C3H6.C2H6/c1-5-7-25-18-43-32-12-9-24(15-29(32)34(25)21(3)6-2)33-13-10-27(46-33)20-45-35-28(16-26(19-44-35)36(39,40)41)22(4)42-17-23-8-11-30(37)31(38)14-23;1-3-2;1-2/h8-16,18-19,21,42H,4-7,17,20H2,1-3H3,(H,44,45);3H,1H2,2H3;1-2H3. The van der Waals surface area contributed by atoms with Crippen molar-refractivity contribution in [2.45, 2.75) is 86.0 Å². The summed E-state index contributed by atoms with van der Waals surface area (Å²) in [5, 5.41) is 7.24. The molecule has 0 aliphatic rings. The van der Waals surface area contributed by atoms with E-state index in [2.05, 4.69) is 67.7 Å². The van der Waals surface area contributed by atoms with E-state index in [4.69, 9.17) is 4.98 Å². The first-order chi connectivity index (χ1) is 24.4. The molecule has 0 amide bonds. The van der Waals surface area contributed by atoms with Gasteiger partial charge in [-0.05, 0) is 90.4 Å². The Kier molecular flexibility index (Phi) is 15.3. The molecular weight excluding hydrogens is 676 g/mol. The number of fused-ring (bicyclic) bond motifs is 1. The van der Waals surface area contributed by atoms with Gasteiger partial charge in [-0.25, -0.2) is 13.8 Å². The number of halogens is 5. The Morgan fingerprint density at radius 2 is 1.67 bits per heavy atom. The predicted octanol–water partition coefficient (Wildman–Crippen LogP) is 12.7. The van der Waals surface area contributed by atoms with Crippen LogP contribution in [0.3, 0.4) is 0 Å². The van der Waals surface area contributed by atoms with Gasteiger partial charge in [0.15, 0.2) is 11.6 Å². The molecule has 0 aliphatic heterocycles. The Morgan fingerprint density at radius 3 is 2.31 bits per heavy atom. The third-order valence-electron chi connectivity index (χ3n) is 8.02. The zero-order valence-electron chi connectivity index (χ0n) is 30.1. The number of hydrogen-bond donors (Lipinski definition) is 2. The summed E-state index contributed by atoms with van der Waals surface area (Å²) in [6.45, 7) is 20.1. The summed E-state index contributed by atoms with van der Waals surface area (Å²) < 4.78 is 67.7. The molecule has 5 aromatic rings. The topological polar surface area (TPSA) is 49.8 Å². The second-order valence-electron chi connectivity index (χ2n) is 11.7. The van der Waals surface area contributed by atoms with Crippen molar-refractivity contribution in [1.29, 1.82) is 0 Å². The van der Waals surface area contributed by atoms with Crippen LogP contribution in [0.4, 0.5) is 27.8 Å². The third-order valence-corrected chi connectivity index (χ3v) is 9.16. The van der Waals surface area contributed by atoms with E-state index in [0.717, 1.165) is 64.5 Å². The molecule has 3 heterocycles. The summed E-state index contributed by atoms with van der Waals surface area (Å²) in [6.07, 6.45) is 2.99. The van der Waals surface area contributed by atoms with E-state index in [1.807, 2.05) is 39.1 Å². The first kappa shape index (κ1) is 40.9. The lowest BCUT2D eigenvalue weighted by Gasteiger charge is -2.18. The van der Waals surface area contributed by atoms with Gasteiger partial charge in [0, 0.05) is 45.3 Å². The number of allylic oxidation sites excluding steroid dienone is 1. The van der Waals surface area contributed by atoms with Crippen LogP contribution in [-0.4, -0.2) is 9.97 Å². The first-order valence-corrected chi connectivity index (χ1v) is 18.0. The Balaban J connectivity index is 0.00000133. The van der Waals surface area contributed by atoms with E-state index in [0.29, 0.717) is 18.0 Å². The highest BCUT2D eigenvalue weighted by molar-refractivity contribution is 7.15. The molecule has 0 bridgehead atoms. The molecule has 0 saturated carbocycles. The van der Waals surface area contributed by atoms with Crippen LogP contribution >= 0.6 is 11.3 Å². The van der Waals surface area contributed by atoms with Crippen LogP contribution in [0.25, 0.3) is 27.0 Å². The normalized spacial score (nSPS) is 11.5. The summed E-state index contributed by atoms with van der Waals surface area (Å²) in [4.78, 5) is 10.8. The van der Waals surface area contributed by atoms with E-state index in [-0.39, 0.29) is 23.6 Å². The van der Waals surface area contributed by atoms with Gasteiger partial charge in [-0.15, -0.1) is 17.9 Å². The third kappa shape index (κ3) is 10.7. The fourth-order valence-electron chi connectivity index (χ4n) is 5.41. The van der Waals surface area contributed by atoms with Gasteiger partial charge >= 0.3 is 6.18 Å². The average Bonchev–Trinajstić information content (AvgIpc) is 3.60. The van der Waals surface area contributed by atoms with E-state index in [1.165, 1.54) is 22.6 Å². The van der Waals surface area contributed by atoms with E-state index in [9.17, 15) is 22.0 Å². The SMILES string of the molecule is C=C(NCc1ccc(F)c(F)c1)c1cc(C(F)(F)F)cnc1NCc1ccc(-c2ccc3ncc(CCC)c(C(C)CC)c3c2)s1.C=CC.CC. The molecule has 0 saturated heterocycles. The summed E-state index contributed by atoms with van der Waals surface area (Å²) in [5.41, 5.74) is 4.45. The number of alkyl halides is 3. The molecule has 0 aliphatic carbocycles. The van der Waals surface area contributed by atoms with Crippen molar-refractivity contribution in [3.05, 3.63) is 131 Å². The molecule has 10 heteroatoms. The van der Waals surface area contributed by atoms with Gasteiger partial charge < -0.3 is 10.6 Å². The highest BCUT2D eigenvalue weighted by Crippen LogP contribution is 2.36. The van der Waals surface area contributed by atoms with E-state index >= 15 is 0 Å². The molecule has 0 radical (unpaired) electrons. The summed E-state index contributed by atoms with van der Waals surface area (Å²) in [6, 6.07) is 14.7. The van der Waals surface area contributed by atoms with Gasteiger partial charge in [-0.1, -0.05) is 65.8 Å². The van der Waals surface area contributed by atoms with E-state index < -0.39 is 23.4 Å². The molecule has 4 nitrogen and oxygen atoms in total. The van der Waals surface area contributed by atoms with Crippen LogP contribution in [0, 0.1) is 11.6 Å². The first-order valence-electron chi connectivity index (χ1n) is 17.2. The smallest absolute Gasteiger partial charge is 0.381 e. The number of aromatic nitrogens is 2. The number of pyridine rings is 2. The van der Waals surface area contributed by atoms with Crippen LogP contribution in [0.2, 0.25) is 0 Å². The van der Waals surface area contributed by atoms with Crippen molar-refractivity contribution < 1.29 is 22.0 Å². The fourth-order valence-corrected chi connectivity index (χ4v) is 6.35. The number of hydrogen-bond acceptors (Lipinski definition) is 5. The highest BCUT2D eigenvalue weighted by atomic mass is 32.1. The second-order valence-corrected chi connectivity index (χ2v) is 12.9. The van der Waals surface area contributed by atoms with Crippen LogP contribution < -0.4 is 10.6 Å². The van der Waals surface area contributed by atoms with Gasteiger partial charge in [0.05, 0.1) is 17.6 Å². The predicted molar refractivity (Wildman–Crippen MR) is 204 cm³/mol. The zero-order chi connectivity index (χ0) is 37.7. The summed E-state index contributed by atoms with van der Waals surface area (Å²) >= 11 is 1.59. The number of aryl methyl sites for hydroxylation is 1. The number of nitrogens with zero attached hydrogens (tertiary/aromatic N) is 2. The lowest BCUT2D eigenvalue weighted by Crippen LogP contribution is -2.15. The Bertz CT molecular complexity index is 1910. The molecule has 0 spiro atoms.